The van der Waals surface area contributed by atoms with Crippen LogP contribution in [0.2, 0.25) is 0 Å². The van der Waals surface area contributed by atoms with Gasteiger partial charge in [0.05, 0.1) is 20.3 Å². The molecule has 0 saturated heterocycles. The van der Waals surface area contributed by atoms with Crippen molar-refractivity contribution < 1.29 is 14.6 Å². The summed E-state index contributed by atoms with van der Waals surface area (Å²) in [7, 11) is 3.22. The molecule has 2 unspecified atom stereocenters. The molecule has 1 rings (SSSR count). The van der Waals surface area contributed by atoms with Crippen molar-refractivity contribution in [3.8, 4) is 11.5 Å². The van der Waals surface area contributed by atoms with Crippen LogP contribution in [0.5, 0.6) is 11.5 Å². The van der Waals surface area contributed by atoms with Gasteiger partial charge in [-0.2, -0.15) is 0 Å². The molecule has 0 radical (unpaired) electrons. The van der Waals surface area contributed by atoms with E-state index in [0.717, 1.165) is 17.5 Å². The van der Waals surface area contributed by atoms with Crippen LogP contribution >= 0.6 is 0 Å². The standard InChI is InChI=1S/C14H22O3/c1-6-9(2)14(15)11-8-13(17-5)12(16-4)7-10(11)3/h7-9,14-15H,6H2,1-5H3. The molecule has 96 valence electrons. The first kappa shape index (κ1) is 13.8. The molecule has 0 aliphatic rings. The number of rotatable bonds is 5. The van der Waals surface area contributed by atoms with Crippen molar-refractivity contribution in [2.75, 3.05) is 14.2 Å². The number of methoxy groups -OCH3 is 2. The first-order valence-corrected chi connectivity index (χ1v) is 5.95. The summed E-state index contributed by atoms with van der Waals surface area (Å²) in [5, 5.41) is 10.3. The van der Waals surface area contributed by atoms with Gasteiger partial charge in [0.25, 0.3) is 0 Å². The lowest BCUT2D eigenvalue weighted by atomic mass is 9.92. The summed E-state index contributed by atoms with van der Waals surface area (Å²) in [6, 6.07) is 3.77. The summed E-state index contributed by atoms with van der Waals surface area (Å²) in [6.07, 6.45) is 0.481. The maximum atomic E-state index is 10.3. The second-order valence-corrected chi connectivity index (χ2v) is 4.39. The Morgan fingerprint density at radius 3 is 2.18 bits per heavy atom. The van der Waals surface area contributed by atoms with Gasteiger partial charge in [0.15, 0.2) is 11.5 Å². The molecule has 0 aromatic heterocycles. The molecule has 1 aromatic rings. The SMILES string of the molecule is CCC(C)C(O)c1cc(OC)c(OC)cc1C. The Balaban J connectivity index is 3.16. The number of aryl methyl sites for hydroxylation is 1. The molecule has 0 spiro atoms. The Hall–Kier alpha value is -1.22. The second kappa shape index (κ2) is 5.92. The van der Waals surface area contributed by atoms with Crippen LogP contribution < -0.4 is 9.47 Å². The first-order chi connectivity index (χ1) is 8.04. The molecular weight excluding hydrogens is 216 g/mol. The topological polar surface area (TPSA) is 38.7 Å². The number of aliphatic hydroxyl groups is 1. The molecule has 1 aromatic carbocycles. The highest BCUT2D eigenvalue weighted by molar-refractivity contribution is 5.47. The Labute approximate surface area is 103 Å². The van der Waals surface area contributed by atoms with Crippen LogP contribution in [0, 0.1) is 12.8 Å². The van der Waals surface area contributed by atoms with Crippen LogP contribution in [0.3, 0.4) is 0 Å². The normalized spacial score (nSPS) is 14.2. The maximum absolute atomic E-state index is 10.3. The van der Waals surface area contributed by atoms with Crippen molar-refractivity contribution >= 4 is 0 Å². The van der Waals surface area contributed by atoms with Crippen LogP contribution in [-0.2, 0) is 0 Å². The van der Waals surface area contributed by atoms with E-state index in [9.17, 15) is 5.11 Å². The molecule has 0 aliphatic carbocycles. The molecule has 0 saturated carbocycles. The Kier molecular flexibility index (Phi) is 4.82. The van der Waals surface area contributed by atoms with Crippen molar-refractivity contribution in [1.29, 1.82) is 0 Å². The molecule has 0 bridgehead atoms. The second-order valence-electron chi connectivity index (χ2n) is 4.39. The summed E-state index contributed by atoms with van der Waals surface area (Å²) >= 11 is 0. The summed E-state index contributed by atoms with van der Waals surface area (Å²) < 4.78 is 10.5. The molecule has 0 heterocycles. The van der Waals surface area contributed by atoms with Crippen molar-refractivity contribution in [3.05, 3.63) is 23.3 Å². The smallest absolute Gasteiger partial charge is 0.161 e. The van der Waals surface area contributed by atoms with Crippen LogP contribution in [-0.4, -0.2) is 19.3 Å². The van der Waals surface area contributed by atoms with E-state index in [4.69, 9.17) is 9.47 Å². The predicted molar refractivity (Wildman–Crippen MR) is 68.7 cm³/mol. The Morgan fingerprint density at radius 2 is 1.71 bits per heavy atom. The van der Waals surface area contributed by atoms with Crippen LogP contribution in [0.4, 0.5) is 0 Å². The summed E-state index contributed by atoms with van der Waals surface area (Å²) in [5.41, 5.74) is 1.94. The van der Waals surface area contributed by atoms with Crippen molar-refractivity contribution in [1.82, 2.24) is 0 Å². The minimum absolute atomic E-state index is 0.229. The van der Waals surface area contributed by atoms with Gasteiger partial charge in [0.2, 0.25) is 0 Å². The number of hydrogen-bond acceptors (Lipinski definition) is 3. The Morgan fingerprint density at radius 1 is 1.18 bits per heavy atom. The monoisotopic (exact) mass is 238 g/mol. The fourth-order valence-electron chi connectivity index (χ4n) is 1.84. The third-order valence-corrected chi connectivity index (χ3v) is 3.27. The predicted octanol–water partition coefficient (Wildman–Crippen LogP) is 3.09. The fraction of sp³-hybridized carbons (Fsp3) is 0.571. The molecule has 1 N–H and O–H groups in total. The number of benzene rings is 1. The van der Waals surface area contributed by atoms with Gasteiger partial charge in [-0.25, -0.2) is 0 Å². The minimum atomic E-state index is -0.459. The molecule has 0 aliphatic heterocycles. The van der Waals surface area contributed by atoms with E-state index in [2.05, 4.69) is 6.92 Å². The van der Waals surface area contributed by atoms with Gasteiger partial charge in [0.1, 0.15) is 0 Å². The minimum Gasteiger partial charge on any atom is -0.493 e. The molecule has 0 fully saturated rings. The third-order valence-electron chi connectivity index (χ3n) is 3.27. The quantitative estimate of drug-likeness (QED) is 0.856. The van der Waals surface area contributed by atoms with Gasteiger partial charge >= 0.3 is 0 Å². The van der Waals surface area contributed by atoms with Gasteiger partial charge < -0.3 is 14.6 Å². The average Bonchev–Trinajstić information content (AvgIpc) is 2.36. The van der Waals surface area contributed by atoms with E-state index >= 15 is 0 Å². The zero-order valence-electron chi connectivity index (χ0n) is 11.3. The van der Waals surface area contributed by atoms with Crippen molar-refractivity contribution in [3.63, 3.8) is 0 Å². The molecule has 0 amide bonds. The molecule has 3 heteroatoms. The number of aliphatic hydroxyl groups excluding tert-OH is 1. The lowest BCUT2D eigenvalue weighted by Gasteiger charge is -2.21. The lowest BCUT2D eigenvalue weighted by Crippen LogP contribution is -2.10. The average molecular weight is 238 g/mol. The fourth-order valence-corrected chi connectivity index (χ4v) is 1.84. The highest BCUT2D eigenvalue weighted by Gasteiger charge is 2.19. The highest BCUT2D eigenvalue weighted by atomic mass is 16.5. The number of ether oxygens (including phenoxy) is 2. The van der Waals surface area contributed by atoms with Crippen molar-refractivity contribution in [2.24, 2.45) is 5.92 Å². The first-order valence-electron chi connectivity index (χ1n) is 5.95. The van der Waals surface area contributed by atoms with Gasteiger partial charge in [-0.15, -0.1) is 0 Å². The van der Waals surface area contributed by atoms with E-state index < -0.39 is 6.10 Å². The molecule has 17 heavy (non-hydrogen) atoms. The summed E-state index contributed by atoms with van der Waals surface area (Å²) in [4.78, 5) is 0. The largest absolute Gasteiger partial charge is 0.493 e. The molecular formula is C14H22O3. The van der Waals surface area contributed by atoms with Crippen LogP contribution in [0.1, 0.15) is 37.5 Å². The van der Waals surface area contributed by atoms with Gasteiger partial charge in [-0.1, -0.05) is 20.3 Å². The van der Waals surface area contributed by atoms with E-state index in [1.807, 2.05) is 26.0 Å². The maximum Gasteiger partial charge on any atom is 0.161 e. The van der Waals surface area contributed by atoms with E-state index in [1.165, 1.54) is 0 Å². The lowest BCUT2D eigenvalue weighted by molar-refractivity contribution is 0.114. The van der Waals surface area contributed by atoms with E-state index in [1.54, 1.807) is 14.2 Å². The molecule has 2 atom stereocenters. The zero-order valence-corrected chi connectivity index (χ0v) is 11.3. The summed E-state index contributed by atoms with van der Waals surface area (Å²) in [6.45, 7) is 6.09. The van der Waals surface area contributed by atoms with Crippen LogP contribution in [0.15, 0.2) is 12.1 Å². The Bertz CT molecular complexity index is 374. The zero-order chi connectivity index (χ0) is 13.0. The number of hydrogen-bond donors (Lipinski definition) is 1. The third kappa shape index (κ3) is 2.91. The highest BCUT2D eigenvalue weighted by Crippen LogP contribution is 2.35. The van der Waals surface area contributed by atoms with E-state index in [-0.39, 0.29) is 5.92 Å². The van der Waals surface area contributed by atoms with Gasteiger partial charge in [0, 0.05) is 0 Å². The van der Waals surface area contributed by atoms with Crippen LogP contribution in [0.25, 0.3) is 0 Å². The van der Waals surface area contributed by atoms with E-state index in [0.29, 0.717) is 11.5 Å². The summed E-state index contributed by atoms with van der Waals surface area (Å²) in [5.74, 6) is 1.59. The van der Waals surface area contributed by atoms with Gasteiger partial charge in [-0.3, -0.25) is 0 Å². The molecule has 3 nitrogen and oxygen atoms in total. The van der Waals surface area contributed by atoms with Gasteiger partial charge in [-0.05, 0) is 36.1 Å². The van der Waals surface area contributed by atoms with Crippen molar-refractivity contribution in [2.45, 2.75) is 33.3 Å².